The number of nitrogens with one attached hydrogen (secondary N) is 1. The van der Waals surface area contributed by atoms with Gasteiger partial charge in [0.05, 0.1) is 11.7 Å². The summed E-state index contributed by atoms with van der Waals surface area (Å²) in [4.78, 5) is 26.5. The Balaban J connectivity index is 1.87. The van der Waals surface area contributed by atoms with Crippen LogP contribution in [-0.4, -0.2) is 46.3 Å². The standard InChI is InChI=1S/C18H22N4O3/c1-4-22-14(10-12(2)20-22)19-18(24)17-16(13-8-6-5-7-9-13)21(3)15(23)11-25-17/h5-10,16-17H,4,11H2,1-3H3,(H,19,24)/t16-,17+/m1/s1. The first kappa shape index (κ1) is 17.2. The van der Waals surface area contributed by atoms with E-state index in [2.05, 4.69) is 10.4 Å². The van der Waals surface area contributed by atoms with Crippen molar-refractivity contribution in [1.29, 1.82) is 0 Å². The second kappa shape index (κ2) is 7.06. The van der Waals surface area contributed by atoms with Crippen LogP contribution in [0.5, 0.6) is 0 Å². The van der Waals surface area contributed by atoms with Crippen LogP contribution in [-0.2, 0) is 20.9 Å². The number of anilines is 1. The maximum absolute atomic E-state index is 12.9. The maximum Gasteiger partial charge on any atom is 0.257 e. The van der Waals surface area contributed by atoms with Gasteiger partial charge in [0.1, 0.15) is 12.4 Å². The van der Waals surface area contributed by atoms with E-state index in [1.54, 1.807) is 16.6 Å². The van der Waals surface area contributed by atoms with Crippen LogP contribution in [0.1, 0.15) is 24.2 Å². The van der Waals surface area contributed by atoms with Crippen LogP contribution in [0.25, 0.3) is 0 Å². The highest BCUT2D eigenvalue weighted by Crippen LogP contribution is 2.29. The van der Waals surface area contributed by atoms with Crippen molar-refractivity contribution in [3.05, 3.63) is 47.7 Å². The van der Waals surface area contributed by atoms with Gasteiger partial charge in [0.2, 0.25) is 5.91 Å². The quantitative estimate of drug-likeness (QED) is 0.918. The van der Waals surface area contributed by atoms with E-state index in [4.69, 9.17) is 4.74 Å². The molecule has 2 atom stereocenters. The molecule has 0 unspecified atom stereocenters. The lowest BCUT2D eigenvalue weighted by molar-refractivity contribution is -0.160. The number of amides is 2. The number of benzene rings is 1. The van der Waals surface area contributed by atoms with Crippen LogP contribution in [0.2, 0.25) is 0 Å². The van der Waals surface area contributed by atoms with Crippen LogP contribution in [0.3, 0.4) is 0 Å². The molecule has 0 saturated carbocycles. The molecule has 2 amide bonds. The van der Waals surface area contributed by atoms with Gasteiger partial charge < -0.3 is 15.0 Å². The van der Waals surface area contributed by atoms with Gasteiger partial charge in [-0.05, 0) is 19.4 Å². The Bertz CT molecular complexity index is 772. The lowest BCUT2D eigenvalue weighted by Gasteiger charge is -2.38. The molecule has 2 aromatic rings. The molecule has 1 N–H and O–H groups in total. The number of aromatic nitrogens is 2. The van der Waals surface area contributed by atoms with Crippen molar-refractivity contribution in [2.45, 2.75) is 32.5 Å². The monoisotopic (exact) mass is 342 g/mol. The molecule has 1 aliphatic rings. The normalized spacial score (nSPS) is 20.6. The van der Waals surface area contributed by atoms with Gasteiger partial charge in [0, 0.05) is 19.7 Å². The SMILES string of the molecule is CCn1nc(C)cc1NC(=O)[C@H]1OCC(=O)N(C)[C@@H]1c1ccccc1. The molecule has 25 heavy (non-hydrogen) atoms. The second-order valence-corrected chi connectivity index (χ2v) is 6.07. The van der Waals surface area contributed by atoms with E-state index in [0.717, 1.165) is 11.3 Å². The number of rotatable bonds is 4. The van der Waals surface area contributed by atoms with Crippen molar-refractivity contribution in [3.63, 3.8) is 0 Å². The Morgan fingerprint density at radius 2 is 2.08 bits per heavy atom. The number of aryl methyl sites for hydroxylation is 2. The Hall–Kier alpha value is -2.67. The first-order chi connectivity index (χ1) is 12.0. The largest absolute Gasteiger partial charge is 0.356 e. The molecule has 1 saturated heterocycles. The topological polar surface area (TPSA) is 76.5 Å². The number of hydrogen-bond acceptors (Lipinski definition) is 4. The van der Waals surface area contributed by atoms with Crippen LogP contribution in [0.4, 0.5) is 5.82 Å². The summed E-state index contributed by atoms with van der Waals surface area (Å²) in [6.45, 7) is 4.37. The van der Waals surface area contributed by atoms with Crippen molar-refractivity contribution < 1.29 is 14.3 Å². The molecular weight excluding hydrogens is 320 g/mol. The zero-order valence-corrected chi connectivity index (χ0v) is 14.6. The van der Waals surface area contributed by atoms with Crippen molar-refractivity contribution in [1.82, 2.24) is 14.7 Å². The van der Waals surface area contributed by atoms with Gasteiger partial charge in [-0.15, -0.1) is 0 Å². The fourth-order valence-corrected chi connectivity index (χ4v) is 3.06. The van der Waals surface area contributed by atoms with Gasteiger partial charge in [-0.1, -0.05) is 30.3 Å². The first-order valence-electron chi connectivity index (χ1n) is 8.28. The summed E-state index contributed by atoms with van der Waals surface area (Å²) in [7, 11) is 1.70. The molecular formula is C18H22N4O3. The first-order valence-corrected chi connectivity index (χ1v) is 8.28. The van der Waals surface area contributed by atoms with Gasteiger partial charge in [-0.25, -0.2) is 4.68 Å². The highest BCUT2D eigenvalue weighted by Gasteiger charge is 2.40. The average Bonchev–Trinajstić information content (AvgIpc) is 2.97. The van der Waals surface area contributed by atoms with Crippen molar-refractivity contribution >= 4 is 17.6 Å². The van der Waals surface area contributed by atoms with Crippen LogP contribution in [0.15, 0.2) is 36.4 Å². The minimum Gasteiger partial charge on any atom is -0.356 e. The third-order valence-corrected chi connectivity index (χ3v) is 4.34. The summed E-state index contributed by atoms with van der Waals surface area (Å²) in [5.41, 5.74) is 1.69. The molecule has 3 rings (SSSR count). The summed E-state index contributed by atoms with van der Waals surface area (Å²) >= 11 is 0. The van der Waals surface area contributed by atoms with E-state index in [9.17, 15) is 9.59 Å². The Morgan fingerprint density at radius 3 is 2.76 bits per heavy atom. The highest BCUT2D eigenvalue weighted by molar-refractivity contribution is 5.95. The number of hydrogen-bond donors (Lipinski definition) is 1. The molecule has 7 nitrogen and oxygen atoms in total. The summed E-state index contributed by atoms with van der Waals surface area (Å²) < 4.78 is 7.33. The molecule has 1 fully saturated rings. The van der Waals surface area contributed by atoms with E-state index in [0.29, 0.717) is 12.4 Å². The summed E-state index contributed by atoms with van der Waals surface area (Å²) in [6, 6.07) is 10.8. The lowest BCUT2D eigenvalue weighted by atomic mass is 9.97. The van der Waals surface area contributed by atoms with E-state index in [1.807, 2.05) is 50.2 Å². The summed E-state index contributed by atoms with van der Waals surface area (Å²) in [5, 5.41) is 7.21. The lowest BCUT2D eigenvalue weighted by Crippen LogP contribution is -2.51. The third kappa shape index (κ3) is 3.41. The molecule has 132 valence electrons. The fourth-order valence-electron chi connectivity index (χ4n) is 3.06. The number of ether oxygens (including phenoxy) is 1. The smallest absolute Gasteiger partial charge is 0.257 e. The van der Waals surface area contributed by atoms with Crippen LogP contribution < -0.4 is 5.32 Å². The Kier molecular flexibility index (Phi) is 4.85. The third-order valence-electron chi connectivity index (χ3n) is 4.34. The van der Waals surface area contributed by atoms with E-state index in [-0.39, 0.29) is 18.4 Å². The van der Waals surface area contributed by atoms with Gasteiger partial charge in [0.15, 0.2) is 6.10 Å². The average molecular weight is 342 g/mol. The molecule has 0 radical (unpaired) electrons. The Morgan fingerprint density at radius 1 is 1.36 bits per heavy atom. The number of nitrogens with zero attached hydrogens (tertiary/aromatic N) is 3. The maximum atomic E-state index is 12.9. The number of carbonyl (C=O) groups is 2. The van der Waals surface area contributed by atoms with Crippen LogP contribution in [0, 0.1) is 6.92 Å². The fraction of sp³-hybridized carbons (Fsp3) is 0.389. The predicted octanol–water partition coefficient (Wildman–Crippen LogP) is 1.75. The number of carbonyl (C=O) groups excluding carboxylic acids is 2. The van der Waals surface area contributed by atoms with E-state index >= 15 is 0 Å². The molecule has 7 heteroatoms. The van der Waals surface area contributed by atoms with Crippen LogP contribution >= 0.6 is 0 Å². The molecule has 1 aliphatic heterocycles. The zero-order valence-electron chi connectivity index (χ0n) is 14.6. The van der Waals surface area contributed by atoms with Gasteiger partial charge in [0.25, 0.3) is 5.91 Å². The van der Waals surface area contributed by atoms with Crippen molar-refractivity contribution in [2.24, 2.45) is 0 Å². The second-order valence-electron chi connectivity index (χ2n) is 6.07. The predicted molar refractivity (Wildman–Crippen MR) is 93.0 cm³/mol. The van der Waals surface area contributed by atoms with Crippen molar-refractivity contribution in [2.75, 3.05) is 19.0 Å². The summed E-state index contributed by atoms with van der Waals surface area (Å²) in [6.07, 6.45) is -0.786. The minimum absolute atomic E-state index is 0.107. The molecule has 0 spiro atoms. The van der Waals surface area contributed by atoms with Gasteiger partial charge >= 0.3 is 0 Å². The molecule has 0 bridgehead atoms. The molecule has 1 aromatic heterocycles. The van der Waals surface area contributed by atoms with E-state index < -0.39 is 12.1 Å². The van der Waals surface area contributed by atoms with Gasteiger partial charge in [-0.3, -0.25) is 9.59 Å². The summed E-state index contributed by atoms with van der Waals surface area (Å²) in [5.74, 6) is 0.190. The molecule has 2 heterocycles. The van der Waals surface area contributed by atoms with Crippen molar-refractivity contribution in [3.8, 4) is 0 Å². The highest BCUT2D eigenvalue weighted by atomic mass is 16.5. The molecule has 1 aromatic carbocycles. The zero-order chi connectivity index (χ0) is 18.0. The van der Waals surface area contributed by atoms with Gasteiger partial charge in [-0.2, -0.15) is 5.10 Å². The number of morpholine rings is 1. The molecule has 0 aliphatic carbocycles. The Labute approximate surface area is 146 Å². The minimum atomic E-state index is -0.786. The number of likely N-dealkylation sites (N-methyl/N-ethyl adjacent to an activating group) is 1. The van der Waals surface area contributed by atoms with E-state index in [1.165, 1.54) is 0 Å².